The second kappa shape index (κ2) is 10.4. The fourth-order valence-corrected chi connectivity index (χ4v) is 4.58. The predicted molar refractivity (Wildman–Crippen MR) is 126 cm³/mol. The van der Waals surface area contributed by atoms with E-state index in [1.807, 2.05) is 60.7 Å². The van der Waals surface area contributed by atoms with Gasteiger partial charge in [-0.05, 0) is 36.1 Å². The summed E-state index contributed by atoms with van der Waals surface area (Å²) in [5, 5.41) is 2.84. The molecule has 1 saturated heterocycles. The first-order chi connectivity index (χ1) is 16.5. The van der Waals surface area contributed by atoms with Gasteiger partial charge in [0.2, 0.25) is 5.91 Å². The summed E-state index contributed by atoms with van der Waals surface area (Å²) in [4.78, 5) is 40.8. The number of carbonyl (C=O) groups excluding carboxylic acids is 3. The number of carbonyl (C=O) groups is 3. The molecule has 1 N–H and O–H groups in total. The first-order valence-corrected chi connectivity index (χ1v) is 11.3. The zero-order chi connectivity index (χ0) is 24.0. The van der Waals surface area contributed by atoms with Crippen molar-refractivity contribution in [3.05, 3.63) is 95.9 Å². The SMILES string of the molecule is COC(=O)C1(c2ccccc2)CCN(C(=O)C(Cc2ccccc2)NC(=O)c2ccco2)CC1. The molecule has 2 heterocycles. The molecule has 0 saturated carbocycles. The van der Waals surface area contributed by atoms with Crippen LogP contribution >= 0.6 is 0 Å². The number of nitrogens with zero attached hydrogens (tertiary/aromatic N) is 1. The van der Waals surface area contributed by atoms with Crippen molar-refractivity contribution in [1.29, 1.82) is 0 Å². The molecule has 1 atom stereocenters. The van der Waals surface area contributed by atoms with Crippen LogP contribution in [0.4, 0.5) is 0 Å². The van der Waals surface area contributed by atoms with Gasteiger partial charge in [0, 0.05) is 19.5 Å². The zero-order valence-electron chi connectivity index (χ0n) is 19.1. The van der Waals surface area contributed by atoms with Crippen LogP contribution in [0.25, 0.3) is 0 Å². The van der Waals surface area contributed by atoms with E-state index in [1.165, 1.54) is 13.4 Å². The van der Waals surface area contributed by atoms with E-state index >= 15 is 0 Å². The molecule has 7 heteroatoms. The van der Waals surface area contributed by atoms with Crippen molar-refractivity contribution >= 4 is 17.8 Å². The molecule has 3 aromatic rings. The monoisotopic (exact) mass is 460 g/mol. The molecule has 2 aromatic carbocycles. The van der Waals surface area contributed by atoms with Gasteiger partial charge in [0.15, 0.2) is 5.76 Å². The van der Waals surface area contributed by atoms with Crippen LogP contribution in [0.15, 0.2) is 83.5 Å². The van der Waals surface area contributed by atoms with Crippen LogP contribution in [0, 0.1) is 0 Å². The van der Waals surface area contributed by atoms with Crippen LogP contribution in [-0.4, -0.2) is 48.9 Å². The normalized spacial score (nSPS) is 15.9. The lowest BCUT2D eigenvalue weighted by molar-refractivity contribution is -0.151. The molecule has 2 amide bonds. The summed E-state index contributed by atoms with van der Waals surface area (Å²) in [7, 11) is 1.39. The summed E-state index contributed by atoms with van der Waals surface area (Å²) in [5.74, 6) is -0.768. The highest BCUT2D eigenvalue weighted by molar-refractivity contribution is 5.95. The molecular formula is C27H28N2O5. The quantitative estimate of drug-likeness (QED) is 0.546. The molecule has 176 valence electrons. The van der Waals surface area contributed by atoms with Gasteiger partial charge in [-0.25, -0.2) is 0 Å². The number of amides is 2. The molecular weight excluding hydrogens is 432 g/mol. The number of furan rings is 1. The minimum atomic E-state index is -0.793. The van der Waals surface area contributed by atoms with Crippen LogP contribution < -0.4 is 5.32 Å². The van der Waals surface area contributed by atoms with Crippen LogP contribution in [0.3, 0.4) is 0 Å². The van der Waals surface area contributed by atoms with Crippen molar-refractivity contribution in [3.8, 4) is 0 Å². The summed E-state index contributed by atoms with van der Waals surface area (Å²) >= 11 is 0. The molecule has 0 bridgehead atoms. The number of esters is 1. The third-order valence-corrected chi connectivity index (χ3v) is 6.46. The molecule has 1 unspecified atom stereocenters. The minimum Gasteiger partial charge on any atom is -0.468 e. The first kappa shape index (κ1) is 23.3. The standard InChI is InChI=1S/C27H28N2O5/c1-33-26(32)27(21-11-6-3-7-12-21)14-16-29(17-15-27)25(31)22(19-20-9-4-2-5-10-20)28-24(30)23-13-8-18-34-23/h2-13,18,22H,14-17,19H2,1H3,(H,28,30). The third-order valence-electron chi connectivity index (χ3n) is 6.46. The fraction of sp³-hybridized carbons (Fsp3) is 0.296. The Morgan fingerprint density at radius 3 is 2.21 bits per heavy atom. The average Bonchev–Trinajstić information content (AvgIpc) is 3.44. The van der Waals surface area contributed by atoms with Crippen molar-refractivity contribution < 1.29 is 23.5 Å². The summed E-state index contributed by atoms with van der Waals surface area (Å²) in [6, 6.07) is 21.5. The second-order valence-electron chi connectivity index (χ2n) is 8.46. The highest BCUT2D eigenvalue weighted by Gasteiger charge is 2.45. The molecule has 0 aliphatic carbocycles. The van der Waals surface area contributed by atoms with E-state index < -0.39 is 17.4 Å². The van der Waals surface area contributed by atoms with Crippen molar-refractivity contribution in [2.45, 2.75) is 30.7 Å². The van der Waals surface area contributed by atoms with Gasteiger partial charge in [-0.2, -0.15) is 0 Å². The number of hydrogen-bond acceptors (Lipinski definition) is 5. The first-order valence-electron chi connectivity index (χ1n) is 11.3. The molecule has 1 aliphatic rings. The van der Waals surface area contributed by atoms with E-state index in [4.69, 9.17) is 9.15 Å². The Labute approximate surface area is 198 Å². The van der Waals surface area contributed by atoms with E-state index in [-0.39, 0.29) is 17.6 Å². The van der Waals surface area contributed by atoms with Gasteiger partial charge < -0.3 is 19.4 Å². The fourth-order valence-electron chi connectivity index (χ4n) is 4.58. The lowest BCUT2D eigenvalue weighted by Crippen LogP contribution is -2.55. The Balaban J connectivity index is 1.52. The van der Waals surface area contributed by atoms with E-state index in [0.29, 0.717) is 32.4 Å². The van der Waals surface area contributed by atoms with E-state index in [2.05, 4.69) is 5.32 Å². The van der Waals surface area contributed by atoms with Gasteiger partial charge in [-0.15, -0.1) is 0 Å². The summed E-state index contributed by atoms with van der Waals surface area (Å²) in [5.41, 5.74) is 1.03. The highest BCUT2D eigenvalue weighted by Crippen LogP contribution is 2.37. The van der Waals surface area contributed by atoms with Crippen LogP contribution in [0.5, 0.6) is 0 Å². The number of benzene rings is 2. The smallest absolute Gasteiger partial charge is 0.316 e. The van der Waals surface area contributed by atoms with Gasteiger partial charge in [0.25, 0.3) is 5.91 Å². The van der Waals surface area contributed by atoms with Gasteiger partial charge >= 0.3 is 5.97 Å². The summed E-state index contributed by atoms with van der Waals surface area (Å²) in [6.07, 6.45) is 2.66. The number of nitrogens with one attached hydrogen (secondary N) is 1. The Bertz CT molecular complexity index is 1100. The van der Waals surface area contributed by atoms with Crippen molar-refractivity contribution in [3.63, 3.8) is 0 Å². The van der Waals surface area contributed by atoms with Gasteiger partial charge in [0.05, 0.1) is 18.8 Å². The van der Waals surface area contributed by atoms with Crippen molar-refractivity contribution in [2.24, 2.45) is 0 Å². The van der Waals surface area contributed by atoms with E-state index in [1.54, 1.807) is 17.0 Å². The average molecular weight is 461 g/mol. The predicted octanol–water partition coefficient (Wildman–Crippen LogP) is 3.35. The van der Waals surface area contributed by atoms with Crippen LogP contribution in [0.1, 0.15) is 34.5 Å². The zero-order valence-corrected chi connectivity index (χ0v) is 19.1. The molecule has 1 aliphatic heterocycles. The molecule has 4 rings (SSSR count). The van der Waals surface area contributed by atoms with Crippen molar-refractivity contribution in [2.75, 3.05) is 20.2 Å². The number of likely N-dealkylation sites (tertiary alicyclic amines) is 1. The maximum Gasteiger partial charge on any atom is 0.316 e. The molecule has 0 spiro atoms. The highest BCUT2D eigenvalue weighted by atomic mass is 16.5. The summed E-state index contributed by atoms with van der Waals surface area (Å²) < 4.78 is 10.4. The lowest BCUT2D eigenvalue weighted by Gasteiger charge is -2.41. The lowest BCUT2D eigenvalue weighted by atomic mass is 9.72. The number of methoxy groups -OCH3 is 1. The molecule has 1 aromatic heterocycles. The molecule has 7 nitrogen and oxygen atoms in total. The topological polar surface area (TPSA) is 88.9 Å². The van der Waals surface area contributed by atoms with E-state index in [9.17, 15) is 14.4 Å². The Hall–Kier alpha value is -3.87. The van der Waals surface area contributed by atoms with Gasteiger partial charge in [-0.3, -0.25) is 14.4 Å². The Morgan fingerprint density at radius 1 is 0.971 bits per heavy atom. The Morgan fingerprint density at radius 2 is 1.62 bits per heavy atom. The second-order valence-corrected chi connectivity index (χ2v) is 8.46. The minimum absolute atomic E-state index is 0.151. The molecule has 0 radical (unpaired) electrons. The number of rotatable bonds is 7. The third kappa shape index (κ3) is 4.88. The largest absolute Gasteiger partial charge is 0.468 e. The van der Waals surface area contributed by atoms with E-state index in [0.717, 1.165) is 11.1 Å². The van der Waals surface area contributed by atoms with Gasteiger partial charge in [0.1, 0.15) is 6.04 Å². The maximum atomic E-state index is 13.6. The number of ether oxygens (including phenoxy) is 1. The van der Waals surface area contributed by atoms with Crippen LogP contribution in [-0.2, 0) is 26.2 Å². The maximum absolute atomic E-state index is 13.6. The molecule has 34 heavy (non-hydrogen) atoms. The number of hydrogen-bond donors (Lipinski definition) is 1. The van der Waals surface area contributed by atoms with Crippen LogP contribution in [0.2, 0.25) is 0 Å². The Kier molecular flexibility index (Phi) is 7.11. The summed E-state index contributed by atoms with van der Waals surface area (Å²) in [6.45, 7) is 0.759. The van der Waals surface area contributed by atoms with Crippen molar-refractivity contribution in [1.82, 2.24) is 10.2 Å². The molecule has 1 fully saturated rings. The van der Waals surface area contributed by atoms with Gasteiger partial charge in [-0.1, -0.05) is 60.7 Å². The number of piperidine rings is 1.